The lowest BCUT2D eigenvalue weighted by atomic mass is 10.1. The predicted octanol–water partition coefficient (Wildman–Crippen LogP) is 3.63. The third-order valence-electron chi connectivity index (χ3n) is 4.55. The number of amides is 3. The summed E-state index contributed by atoms with van der Waals surface area (Å²) in [5.74, 6) is 0.770. The maximum atomic E-state index is 12.4. The second-order valence-corrected chi connectivity index (χ2v) is 6.75. The van der Waals surface area contributed by atoms with Crippen LogP contribution < -0.4 is 20.3 Å². The molecule has 1 unspecified atom stereocenters. The molecule has 0 saturated carbocycles. The number of carbonyl (C=O) groups excluding carboxylic acids is 2. The summed E-state index contributed by atoms with van der Waals surface area (Å²) in [6.45, 7) is 6.94. The molecule has 142 valence electrons. The van der Waals surface area contributed by atoms with E-state index in [1.54, 1.807) is 4.90 Å². The van der Waals surface area contributed by atoms with Gasteiger partial charge in [0.1, 0.15) is 5.75 Å². The molecule has 2 N–H and O–H groups in total. The van der Waals surface area contributed by atoms with E-state index >= 15 is 0 Å². The van der Waals surface area contributed by atoms with Crippen LogP contribution in [0.5, 0.6) is 5.75 Å². The van der Waals surface area contributed by atoms with Crippen LogP contribution in [-0.2, 0) is 4.79 Å². The fraction of sp³-hybridized carbons (Fsp3) is 0.333. The van der Waals surface area contributed by atoms with Gasteiger partial charge in [-0.15, -0.1) is 0 Å². The average Bonchev–Trinajstić information content (AvgIpc) is 2.98. The zero-order chi connectivity index (χ0) is 19.4. The van der Waals surface area contributed by atoms with Gasteiger partial charge in [-0.1, -0.05) is 17.7 Å². The molecule has 0 aromatic heterocycles. The maximum Gasteiger partial charge on any atom is 0.319 e. The van der Waals surface area contributed by atoms with E-state index in [1.165, 1.54) is 0 Å². The van der Waals surface area contributed by atoms with Gasteiger partial charge < -0.3 is 20.3 Å². The monoisotopic (exact) mass is 367 g/mol. The Morgan fingerprint density at radius 2 is 1.93 bits per heavy atom. The molecule has 1 saturated heterocycles. The molecule has 1 heterocycles. The molecule has 0 radical (unpaired) electrons. The van der Waals surface area contributed by atoms with Crippen LogP contribution in [0.2, 0.25) is 0 Å². The number of carbonyl (C=O) groups is 2. The van der Waals surface area contributed by atoms with Crippen molar-refractivity contribution in [2.24, 2.45) is 0 Å². The van der Waals surface area contributed by atoms with Crippen molar-refractivity contribution >= 4 is 23.3 Å². The summed E-state index contributed by atoms with van der Waals surface area (Å²) in [5, 5.41) is 5.75. The molecule has 1 fully saturated rings. The summed E-state index contributed by atoms with van der Waals surface area (Å²) in [6.07, 6.45) is 0.285. The molecule has 1 aliphatic rings. The summed E-state index contributed by atoms with van der Waals surface area (Å²) in [6, 6.07) is 12.7. The molecule has 1 atom stereocenters. The van der Waals surface area contributed by atoms with Crippen molar-refractivity contribution in [2.75, 3.05) is 23.4 Å². The summed E-state index contributed by atoms with van der Waals surface area (Å²) >= 11 is 0. The van der Waals surface area contributed by atoms with E-state index in [4.69, 9.17) is 4.74 Å². The summed E-state index contributed by atoms with van der Waals surface area (Å²) in [5.41, 5.74) is 3.72. The largest absolute Gasteiger partial charge is 0.494 e. The van der Waals surface area contributed by atoms with E-state index in [-0.39, 0.29) is 24.4 Å². The van der Waals surface area contributed by atoms with Crippen molar-refractivity contribution in [2.45, 2.75) is 33.2 Å². The van der Waals surface area contributed by atoms with Crippen LogP contribution >= 0.6 is 0 Å². The van der Waals surface area contributed by atoms with E-state index in [2.05, 4.69) is 10.6 Å². The standard InChI is InChI=1S/C21H25N3O3/c1-4-27-18-8-6-17(7-9-18)24-13-16(12-20(24)25)22-21(26)23-19-10-5-14(2)11-15(19)3/h5-11,16H,4,12-13H2,1-3H3,(H2,22,23,26). The van der Waals surface area contributed by atoms with Crippen LogP contribution in [0.4, 0.5) is 16.2 Å². The highest BCUT2D eigenvalue weighted by Gasteiger charge is 2.31. The highest BCUT2D eigenvalue weighted by atomic mass is 16.5. The lowest BCUT2D eigenvalue weighted by molar-refractivity contribution is -0.117. The third kappa shape index (κ3) is 4.58. The first-order valence-corrected chi connectivity index (χ1v) is 9.14. The number of benzene rings is 2. The van der Waals surface area contributed by atoms with Crippen LogP contribution in [0.15, 0.2) is 42.5 Å². The van der Waals surface area contributed by atoms with Crippen LogP contribution in [0.1, 0.15) is 24.5 Å². The number of nitrogens with zero attached hydrogens (tertiary/aromatic N) is 1. The van der Waals surface area contributed by atoms with Crippen LogP contribution in [0.25, 0.3) is 0 Å². The lowest BCUT2D eigenvalue weighted by Gasteiger charge is -2.18. The molecule has 0 aliphatic carbocycles. The van der Waals surface area contributed by atoms with Gasteiger partial charge in [-0.2, -0.15) is 0 Å². The van der Waals surface area contributed by atoms with Crippen molar-refractivity contribution in [3.8, 4) is 5.75 Å². The van der Waals surface area contributed by atoms with Gasteiger partial charge in [0, 0.05) is 24.3 Å². The van der Waals surface area contributed by atoms with Gasteiger partial charge in [0.2, 0.25) is 5.91 Å². The SMILES string of the molecule is CCOc1ccc(N2CC(NC(=O)Nc3ccc(C)cc3C)CC2=O)cc1. The second kappa shape index (κ2) is 8.12. The molecule has 3 rings (SSSR count). The number of urea groups is 1. The van der Waals surface area contributed by atoms with E-state index in [1.807, 2.05) is 63.2 Å². The van der Waals surface area contributed by atoms with Crippen LogP contribution in [0, 0.1) is 13.8 Å². The molecular weight excluding hydrogens is 342 g/mol. The minimum absolute atomic E-state index is 0.00373. The molecular formula is C21H25N3O3. The first kappa shape index (κ1) is 18.8. The number of hydrogen-bond donors (Lipinski definition) is 2. The molecule has 0 spiro atoms. The molecule has 6 heteroatoms. The Hall–Kier alpha value is -3.02. The van der Waals surface area contributed by atoms with E-state index < -0.39 is 0 Å². The topological polar surface area (TPSA) is 70.7 Å². The molecule has 2 aromatic rings. The number of rotatable bonds is 5. The molecule has 3 amide bonds. The fourth-order valence-electron chi connectivity index (χ4n) is 3.24. The molecule has 27 heavy (non-hydrogen) atoms. The van der Waals surface area contributed by atoms with E-state index in [9.17, 15) is 9.59 Å². The molecule has 1 aliphatic heterocycles. The maximum absolute atomic E-state index is 12.4. The number of nitrogens with one attached hydrogen (secondary N) is 2. The normalized spacial score (nSPS) is 16.3. The number of aryl methyl sites for hydroxylation is 2. The summed E-state index contributed by atoms with van der Waals surface area (Å²) in [7, 11) is 0. The Labute approximate surface area is 159 Å². The molecule has 0 bridgehead atoms. The molecule has 2 aromatic carbocycles. The Bertz CT molecular complexity index is 833. The summed E-state index contributed by atoms with van der Waals surface area (Å²) in [4.78, 5) is 26.3. The Morgan fingerprint density at radius 3 is 2.59 bits per heavy atom. The van der Waals surface area contributed by atoms with Crippen LogP contribution in [-0.4, -0.2) is 31.1 Å². The number of hydrogen-bond acceptors (Lipinski definition) is 3. The quantitative estimate of drug-likeness (QED) is 0.848. The van der Waals surface area contributed by atoms with Crippen molar-refractivity contribution < 1.29 is 14.3 Å². The Balaban J connectivity index is 1.59. The van der Waals surface area contributed by atoms with Crippen molar-refractivity contribution in [1.29, 1.82) is 0 Å². The van der Waals surface area contributed by atoms with Crippen molar-refractivity contribution in [3.05, 3.63) is 53.6 Å². The number of anilines is 2. The first-order chi connectivity index (χ1) is 13.0. The minimum Gasteiger partial charge on any atom is -0.494 e. The smallest absolute Gasteiger partial charge is 0.319 e. The van der Waals surface area contributed by atoms with Gasteiger partial charge >= 0.3 is 6.03 Å². The zero-order valence-electron chi connectivity index (χ0n) is 15.9. The van der Waals surface area contributed by atoms with Gasteiger partial charge in [-0.25, -0.2) is 4.79 Å². The van der Waals surface area contributed by atoms with Crippen molar-refractivity contribution in [3.63, 3.8) is 0 Å². The lowest BCUT2D eigenvalue weighted by Crippen LogP contribution is -2.39. The number of ether oxygens (including phenoxy) is 1. The highest BCUT2D eigenvalue weighted by molar-refractivity contribution is 5.97. The fourth-order valence-corrected chi connectivity index (χ4v) is 3.24. The second-order valence-electron chi connectivity index (χ2n) is 6.75. The Kier molecular flexibility index (Phi) is 5.64. The van der Waals surface area contributed by atoms with Crippen LogP contribution in [0.3, 0.4) is 0 Å². The highest BCUT2D eigenvalue weighted by Crippen LogP contribution is 2.24. The zero-order valence-corrected chi connectivity index (χ0v) is 15.9. The van der Waals surface area contributed by atoms with Gasteiger partial charge in [-0.05, 0) is 56.7 Å². The van der Waals surface area contributed by atoms with Gasteiger partial charge in [0.25, 0.3) is 0 Å². The molecule has 6 nitrogen and oxygen atoms in total. The van der Waals surface area contributed by atoms with Gasteiger partial charge in [-0.3, -0.25) is 4.79 Å². The van der Waals surface area contributed by atoms with Gasteiger partial charge in [0.05, 0.1) is 12.6 Å². The van der Waals surface area contributed by atoms with Crippen molar-refractivity contribution in [1.82, 2.24) is 5.32 Å². The summed E-state index contributed by atoms with van der Waals surface area (Å²) < 4.78 is 5.43. The Morgan fingerprint density at radius 1 is 1.19 bits per heavy atom. The third-order valence-corrected chi connectivity index (χ3v) is 4.55. The van der Waals surface area contributed by atoms with E-state index in [0.29, 0.717) is 13.2 Å². The minimum atomic E-state index is -0.298. The average molecular weight is 367 g/mol. The first-order valence-electron chi connectivity index (χ1n) is 9.14. The van der Waals surface area contributed by atoms with Gasteiger partial charge in [0.15, 0.2) is 0 Å². The predicted molar refractivity (Wildman–Crippen MR) is 106 cm³/mol. The van der Waals surface area contributed by atoms with E-state index in [0.717, 1.165) is 28.3 Å².